The summed E-state index contributed by atoms with van der Waals surface area (Å²) in [5.41, 5.74) is 2.93. The first-order valence-corrected chi connectivity index (χ1v) is 12.3. The van der Waals surface area contributed by atoms with Gasteiger partial charge in [-0.25, -0.2) is 0 Å². The third-order valence-electron chi connectivity index (χ3n) is 8.54. The molecule has 0 saturated heterocycles. The van der Waals surface area contributed by atoms with Crippen LogP contribution >= 0.6 is 0 Å². The lowest BCUT2D eigenvalue weighted by atomic mass is 9.59. The average Bonchev–Trinajstić information content (AvgIpc) is 3.06. The van der Waals surface area contributed by atoms with Crippen LogP contribution in [0.15, 0.2) is 35.5 Å². The number of aliphatic hydroxyl groups excluding tert-OH is 3. The Morgan fingerprint density at radius 1 is 1.23 bits per heavy atom. The summed E-state index contributed by atoms with van der Waals surface area (Å²) in [6.07, 6.45) is 12.3. The Morgan fingerprint density at radius 2 is 1.97 bits per heavy atom. The third-order valence-corrected chi connectivity index (χ3v) is 8.54. The van der Waals surface area contributed by atoms with Gasteiger partial charge < -0.3 is 20.4 Å². The Kier molecular flexibility index (Phi) is 7.89. The molecule has 0 bridgehead atoms. The minimum Gasteiger partial charge on any atom is -0.396 e. The van der Waals surface area contributed by atoms with E-state index in [9.17, 15) is 20.4 Å². The zero-order chi connectivity index (χ0) is 22.8. The van der Waals surface area contributed by atoms with Gasteiger partial charge in [0.15, 0.2) is 0 Å². The summed E-state index contributed by atoms with van der Waals surface area (Å²) in [5, 5.41) is 41.3. The van der Waals surface area contributed by atoms with Crippen LogP contribution in [0.2, 0.25) is 0 Å². The van der Waals surface area contributed by atoms with Gasteiger partial charge in [0.1, 0.15) is 0 Å². The fourth-order valence-corrected chi connectivity index (χ4v) is 6.90. The second kappa shape index (κ2) is 9.91. The lowest BCUT2D eigenvalue weighted by Crippen LogP contribution is -2.47. The molecule has 176 valence electrons. The van der Waals surface area contributed by atoms with E-state index in [2.05, 4.69) is 25.7 Å². The molecule has 0 amide bonds. The molecular weight excluding hydrogens is 388 g/mol. The maximum atomic E-state index is 11.5. The molecule has 0 heterocycles. The van der Waals surface area contributed by atoms with Crippen molar-refractivity contribution in [1.82, 2.24) is 0 Å². The first kappa shape index (κ1) is 24.7. The van der Waals surface area contributed by atoms with Crippen molar-refractivity contribution < 1.29 is 20.4 Å². The van der Waals surface area contributed by atoms with Crippen LogP contribution in [0.1, 0.15) is 85.0 Å². The van der Waals surface area contributed by atoms with Gasteiger partial charge in [-0.2, -0.15) is 0 Å². The largest absolute Gasteiger partial charge is 0.396 e. The molecule has 4 heteroatoms. The van der Waals surface area contributed by atoms with Gasteiger partial charge in [0.25, 0.3) is 0 Å². The van der Waals surface area contributed by atoms with Gasteiger partial charge in [-0.1, -0.05) is 43.7 Å². The van der Waals surface area contributed by atoms with Crippen molar-refractivity contribution in [3.05, 3.63) is 35.5 Å². The summed E-state index contributed by atoms with van der Waals surface area (Å²) in [5.74, 6) is 0.666. The number of aliphatic hydroxyl groups is 4. The molecule has 0 aromatic rings. The molecule has 4 nitrogen and oxygen atoms in total. The highest BCUT2D eigenvalue weighted by molar-refractivity contribution is 5.36. The molecule has 0 radical (unpaired) electrons. The lowest BCUT2D eigenvalue weighted by Gasteiger charge is -2.47. The molecular formula is C27H44O4. The molecule has 4 N–H and O–H groups in total. The van der Waals surface area contributed by atoms with Gasteiger partial charge in [0.2, 0.25) is 0 Å². The molecule has 0 aromatic carbocycles. The van der Waals surface area contributed by atoms with Crippen LogP contribution in [0.25, 0.3) is 0 Å². The Hall–Kier alpha value is -0.940. The number of hydrogen-bond donors (Lipinski definition) is 4. The van der Waals surface area contributed by atoms with Crippen molar-refractivity contribution in [2.75, 3.05) is 6.61 Å². The second-order valence-electron chi connectivity index (χ2n) is 11.2. The van der Waals surface area contributed by atoms with Crippen molar-refractivity contribution in [2.45, 2.75) is 103 Å². The third kappa shape index (κ3) is 5.52. The number of rotatable bonds is 7. The Bertz CT molecular complexity index is 706. The number of allylic oxidation sites excluding steroid dienone is 4. The van der Waals surface area contributed by atoms with Gasteiger partial charge in [0.05, 0.1) is 17.8 Å². The number of hydrogen-bond acceptors (Lipinski definition) is 4. The summed E-state index contributed by atoms with van der Waals surface area (Å²) in [4.78, 5) is 0. The van der Waals surface area contributed by atoms with Gasteiger partial charge in [-0.3, -0.25) is 0 Å². The quantitative estimate of drug-likeness (QED) is 0.471. The van der Waals surface area contributed by atoms with E-state index in [0.29, 0.717) is 25.2 Å². The molecule has 0 aliphatic heterocycles. The SMILES string of the molecule is C=C1CC[C@@H](O)C/C1=C/C=C1\CCC[C@@]2(C)[C@H]1CC[C@@H]2[C@@](C)(O)CC(O)CC(C)CO. The van der Waals surface area contributed by atoms with E-state index in [4.69, 9.17) is 0 Å². The van der Waals surface area contributed by atoms with E-state index in [1.165, 1.54) is 11.1 Å². The Balaban J connectivity index is 1.75. The van der Waals surface area contributed by atoms with Crippen molar-refractivity contribution in [2.24, 2.45) is 23.2 Å². The summed E-state index contributed by atoms with van der Waals surface area (Å²) >= 11 is 0. The smallest absolute Gasteiger partial charge is 0.0677 e. The Labute approximate surface area is 188 Å². The fraction of sp³-hybridized carbons (Fsp3) is 0.778. The van der Waals surface area contributed by atoms with E-state index >= 15 is 0 Å². The summed E-state index contributed by atoms with van der Waals surface area (Å²) < 4.78 is 0. The van der Waals surface area contributed by atoms with Gasteiger partial charge in [-0.15, -0.1) is 0 Å². The van der Waals surface area contributed by atoms with E-state index in [1.54, 1.807) is 0 Å². The van der Waals surface area contributed by atoms with Crippen molar-refractivity contribution in [3.63, 3.8) is 0 Å². The molecule has 0 spiro atoms. The molecule has 3 saturated carbocycles. The van der Waals surface area contributed by atoms with Gasteiger partial charge in [0, 0.05) is 13.0 Å². The minimum atomic E-state index is -0.916. The van der Waals surface area contributed by atoms with Crippen molar-refractivity contribution in [3.8, 4) is 0 Å². The van der Waals surface area contributed by atoms with Crippen LogP contribution in [0.4, 0.5) is 0 Å². The monoisotopic (exact) mass is 432 g/mol. The average molecular weight is 433 g/mol. The maximum Gasteiger partial charge on any atom is 0.0677 e. The van der Waals surface area contributed by atoms with E-state index < -0.39 is 11.7 Å². The highest BCUT2D eigenvalue weighted by atomic mass is 16.3. The van der Waals surface area contributed by atoms with Gasteiger partial charge in [-0.05, 0) is 93.5 Å². The Morgan fingerprint density at radius 3 is 2.68 bits per heavy atom. The van der Waals surface area contributed by atoms with E-state index in [1.807, 2.05) is 13.8 Å². The summed E-state index contributed by atoms with van der Waals surface area (Å²) in [7, 11) is 0. The first-order chi connectivity index (χ1) is 14.6. The molecule has 2 unspecified atom stereocenters. The van der Waals surface area contributed by atoms with Crippen LogP contribution in [0.3, 0.4) is 0 Å². The van der Waals surface area contributed by atoms with Crippen LogP contribution in [-0.4, -0.2) is 44.8 Å². The molecule has 3 aliphatic rings. The normalized spacial score (nSPS) is 38.2. The van der Waals surface area contributed by atoms with Crippen molar-refractivity contribution >= 4 is 0 Å². The van der Waals surface area contributed by atoms with Crippen molar-refractivity contribution in [1.29, 1.82) is 0 Å². The summed E-state index contributed by atoms with van der Waals surface area (Å²) in [6.45, 7) is 10.4. The number of fused-ring (bicyclic) bond motifs is 1. The predicted octanol–water partition coefficient (Wildman–Crippen LogP) is 4.68. The second-order valence-corrected chi connectivity index (χ2v) is 11.2. The summed E-state index contributed by atoms with van der Waals surface area (Å²) in [6, 6.07) is 0. The first-order valence-electron chi connectivity index (χ1n) is 12.3. The minimum absolute atomic E-state index is 0.0392. The predicted molar refractivity (Wildman–Crippen MR) is 125 cm³/mol. The van der Waals surface area contributed by atoms with Crippen LogP contribution in [0.5, 0.6) is 0 Å². The molecule has 3 fully saturated rings. The van der Waals surface area contributed by atoms with Crippen LogP contribution < -0.4 is 0 Å². The zero-order valence-electron chi connectivity index (χ0n) is 19.8. The van der Waals surface area contributed by atoms with Gasteiger partial charge >= 0.3 is 0 Å². The standard InChI is InChI=1S/C27H44O4/c1-18(17-28)14-23(30)16-27(4,31)25-12-11-24-20(6-5-13-26(24,25)3)8-9-21-15-22(29)10-7-19(21)2/h8-9,18,22-25,28-31H,2,5-7,10-17H2,1,3-4H3/b20-8+,21-9-/t18?,22-,23?,24+,25+,26+,27+/m1/s1. The molecule has 0 aromatic heterocycles. The lowest BCUT2D eigenvalue weighted by molar-refractivity contribution is -0.0876. The highest BCUT2D eigenvalue weighted by Gasteiger charge is 2.55. The maximum absolute atomic E-state index is 11.5. The van der Waals surface area contributed by atoms with Crippen LogP contribution in [-0.2, 0) is 0 Å². The molecule has 3 aliphatic carbocycles. The highest BCUT2D eigenvalue weighted by Crippen LogP contribution is 2.60. The van der Waals surface area contributed by atoms with E-state index in [-0.39, 0.29) is 30.0 Å². The van der Waals surface area contributed by atoms with Crippen LogP contribution in [0, 0.1) is 23.2 Å². The zero-order valence-corrected chi connectivity index (χ0v) is 19.8. The van der Waals surface area contributed by atoms with E-state index in [0.717, 1.165) is 50.5 Å². The fourth-order valence-electron chi connectivity index (χ4n) is 6.90. The molecule has 31 heavy (non-hydrogen) atoms. The molecule has 3 rings (SSSR count). The molecule has 7 atom stereocenters. The topological polar surface area (TPSA) is 80.9 Å².